The van der Waals surface area contributed by atoms with Gasteiger partial charge in [-0.1, -0.05) is 82.8 Å². The molecule has 0 aliphatic rings. The summed E-state index contributed by atoms with van der Waals surface area (Å²) < 4.78 is 0. The van der Waals surface area contributed by atoms with Crippen LogP contribution in [-0.4, -0.2) is 28.8 Å². The second-order valence-electron chi connectivity index (χ2n) is 8.95. The van der Waals surface area contributed by atoms with E-state index in [4.69, 9.17) is 46.4 Å². The third-order valence-electron chi connectivity index (χ3n) is 5.87. The van der Waals surface area contributed by atoms with Crippen LogP contribution in [0.15, 0.2) is 83.8 Å². The van der Waals surface area contributed by atoms with Crippen molar-refractivity contribution in [3.05, 3.63) is 116 Å². The molecule has 0 saturated heterocycles. The Labute approximate surface area is 270 Å². The number of carbonyl (C=O) groups excluding carboxylic acids is 3. The Morgan fingerprint density at radius 1 is 0.674 bits per heavy atom. The highest BCUT2D eigenvalue weighted by Crippen LogP contribution is 2.42. The molecule has 1 unspecified atom stereocenters. The molecule has 13 heteroatoms. The van der Waals surface area contributed by atoms with Crippen molar-refractivity contribution in [2.24, 2.45) is 0 Å². The molecule has 0 aliphatic heterocycles. The molecule has 0 saturated carbocycles. The summed E-state index contributed by atoms with van der Waals surface area (Å²) in [5.74, 6) is -2.89. The van der Waals surface area contributed by atoms with E-state index in [1.165, 1.54) is 18.7 Å². The van der Waals surface area contributed by atoms with Gasteiger partial charge in [0, 0.05) is 28.9 Å². The quantitative estimate of drug-likeness (QED) is 0.0799. The third-order valence-corrected chi connectivity index (χ3v) is 8.92. The van der Waals surface area contributed by atoms with E-state index in [2.05, 4.69) is 16.0 Å². The van der Waals surface area contributed by atoms with E-state index in [0.717, 1.165) is 5.56 Å². The number of anilines is 3. The van der Waals surface area contributed by atoms with Crippen LogP contribution in [0.25, 0.3) is 0 Å². The largest absolute Gasteiger partial charge is 0.478 e. The van der Waals surface area contributed by atoms with Crippen molar-refractivity contribution >= 4 is 98.9 Å². The molecule has 0 radical (unpaired) electrons. The topological polar surface area (TPSA) is 125 Å². The first-order valence-electron chi connectivity index (χ1n) is 12.4. The van der Waals surface area contributed by atoms with Crippen LogP contribution in [0.4, 0.5) is 17.1 Å². The molecule has 0 aliphatic carbocycles. The lowest BCUT2D eigenvalue weighted by Crippen LogP contribution is -2.19. The summed E-state index contributed by atoms with van der Waals surface area (Å²) in [6, 6.07) is 22.5. The van der Waals surface area contributed by atoms with E-state index in [1.807, 2.05) is 30.3 Å². The summed E-state index contributed by atoms with van der Waals surface area (Å²) in [5.41, 5.74) is 1.13. The van der Waals surface area contributed by atoms with Crippen molar-refractivity contribution in [3.63, 3.8) is 0 Å². The molecule has 0 fully saturated rings. The minimum atomic E-state index is -1.51. The first-order valence-corrected chi connectivity index (χ1v) is 14.8. The Morgan fingerprint density at radius 2 is 1.26 bits per heavy atom. The molecule has 0 aromatic heterocycles. The van der Waals surface area contributed by atoms with Gasteiger partial charge < -0.3 is 21.1 Å². The molecule has 220 valence electrons. The van der Waals surface area contributed by atoms with Crippen molar-refractivity contribution < 1.29 is 24.3 Å². The predicted molar refractivity (Wildman–Crippen MR) is 172 cm³/mol. The molecule has 43 heavy (non-hydrogen) atoms. The van der Waals surface area contributed by atoms with Crippen molar-refractivity contribution in [1.29, 1.82) is 0 Å². The Bertz CT molecular complexity index is 1720. The Morgan fingerprint density at radius 3 is 1.84 bits per heavy atom. The maximum absolute atomic E-state index is 13.5. The fraction of sp³-hybridized carbons (Fsp3) is 0.0667. The third kappa shape index (κ3) is 7.81. The van der Waals surface area contributed by atoms with E-state index >= 15 is 0 Å². The lowest BCUT2D eigenvalue weighted by atomic mass is 10.1. The van der Waals surface area contributed by atoms with E-state index in [0.29, 0.717) is 22.0 Å². The number of carbonyl (C=O) groups is 4. The van der Waals surface area contributed by atoms with Crippen molar-refractivity contribution in [2.75, 3.05) is 16.0 Å². The molecule has 1 atom stereocenters. The van der Waals surface area contributed by atoms with Gasteiger partial charge >= 0.3 is 5.97 Å². The number of carboxylic acids is 1. The van der Waals surface area contributed by atoms with Crippen LogP contribution in [0.1, 0.15) is 38.5 Å². The molecule has 4 aromatic rings. The van der Waals surface area contributed by atoms with Gasteiger partial charge in [-0.05, 0) is 48.0 Å². The monoisotopic (exact) mass is 675 g/mol. The zero-order chi connectivity index (χ0) is 31.3. The number of aromatic carboxylic acids is 1. The highest BCUT2D eigenvalue weighted by molar-refractivity contribution is 8.00. The van der Waals surface area contributed by atoms with E-state index < -0.39 is 33.3 Å². The van der Waals surface area contributed by atoms with Crippen molar-refractivity contribution in [2.45, 2.75) is 17.1 Å². The van der Waals surface area contributed by atoms with Gasteiger partial charge in [0.2, 0.25) is 11.8 Å². The molecule has 0 spiro atoms. The maximum Gasteiger partial charge on any atom is 0.338 e. The van der Waals surface area contributed by atoms with E-state index in [9.17, 15) is 24.3 Å². The standard InChI is InChI=1S/C30H21Cl4N3O5S/c1-15(38)35-17-10-12-18(13-11-17)36-29(40)27(16-6-3-2-4-7-16)43-20-9-5-8-19(14-20)37-28(39)21-22(30(41)42)24(32)26(34)25(33)23(21)31/h2-14,27H,1H3,(H,35,38)(H,36,40)(H,37,39)(H,41,42). The molecule has 0 heterocycles. The molecular weight excluding hydrogens is 656 g/mol. The molecule has 0 bridgehead atoms. The first-order chi connectivity index (χ1) is 20.5. The fourth-order valence-corrected chi connectivity index (χ4v) is 6.07. The SMILES string of the molecule is CC(=O)Nc1ccc(NC(=O)C(Sc2cccc(NC(=O)c3c(Cl)c(Cl)c(Cl)c(Cl)c3C(=O)O)c2)c2ccccc2)cc1. The summed E-state index contributed by atoms with van der Waals surface area (Å²) in [4.78, 5) is 50.5. The van der Waals surface area contributed by atoms with Crippen LogP contribution in [0.3, 0.4) is 0 Å². The van der Waals surface area contributed by atoms with Crippen LogP contribution in [0.5, 0.6) is 0 Å². The van der Waals surface area contributed by atoms with Gasteiger partial charge in [0.1, 0.15) is 5.25 Å². The Balaban J connectivity index is 1.59. The Kier molecular flexibility index (Phi) is 10.6. The number of rotatable bonds is 9. The van der Waals surface area contributed by atoms with Gasteiger partial charge in [-0.15, -0.1) is 11.8 Å². The first kappa shape index (κ1) is 32.2. The lowest BCUT2D eigenvalue weighted by Gasteiger charge is -2.18. The highest BCUT2D eigenvalue weighted by atomic mass is 35.5. The summed E-state index contributed by atoms with van der Waals surface area (Å²) in [5, 5.41) is 15.9. The van der Waals surface area contributed by atoms with E-state index in [1.54, 1.807) is 48.5 Å². The van der Waals surface area contributed by atoms with Gasteiger partial charge in [0.15, 0.2) is 0 Å². The van der Waals surface area contributed by atoms with Gasteiger partial charge in [-0.2, -0.15) is 0 Å². The molecule has 4 N–H and O–H groups in total. The molecular formula is C30H21Cl4N3O5S. The summed E-state index contributed by atoms with van der Waals surface area (Å²) in [7, 11) is 0. The number of benzene rings is 4. The van der Waals surface area contributed by atoms with Gasteiger partial charge in [0.05, 0.1) is 31.2 Å². The molecule has 8 nitrogen and oxygen atoms in total. The van der Waals surface area contributed by atoms with Crippen LogP contribution in [0, 0.1) is 0 Å². The smallest absolute Gasteiger partial charge is 0.338 e. The number of carboxylic acid groups (broad SMARTS) is 1. The molecule has 4 aromatic carbocycles. The summed E-state index contributed by atoms with van der Waals surface area (Å²) in [6.07, 6.45) is 0. The summed E-state index contributed by atoms with van der Waals surface area (Å²) >= 11 is 25.6. The minimum Gasteiger partial charge on any atom is -0.478 e. The zero-order valence-corrected chi connectivity index (χ0v) is 25.9. The van der Waals surface area contributed by atoms with Crippen LogP contribution in [0.2, 0.25) is 20.1 Å². The molecule has 3 amide bonds. The highest BCUT2D eigenvalue weighted by Gasteiger charge is 2.29. The average Bonchev–Trinajstić information content (AvgIpc) is 2.97. The van der Waals surface area contributed by atoms with Gasteiger partial charge in [-0.3, -0.25) is 14.4 Å². The number of hydrogen-bond acceptors (Lipinski definition) is 5. The normalized spacial score (nSPS) is 11.4. The number of nitrogens with one attached hydrogen (secondary N) is 3. The maximum atomic E-state index is 13.5. The summed E-state index contributed by atoms with van der Waals surface area (Å²) in [6.45, 7) is 1.41. The average molecular weight is 677 g/mol. The van der Waals surface area contributed by atoms with Crippen molar-refractivity contribution in [3.8, 4) is 0 Å². The lowest BCUT2D eigenvalue weighted by molar-refractivity contribution is -0.116. The van der Waals surface area contributed by atoms with Crippen LogP contribution < -0.4 is 16.0 Å². The Hall–Kier alpha value is -3.73. The number of thioether (sulfide) groups is 1. The second kappa shape index (κ2) is 14.2. The number of halogens is 4. The second-order valence-corrected chi connectivity index (χ2v) is 11.6. The number of hydrogen-bond donors (Lipinski definition) is 4. The zero-order valence-electron chi connectivity index (χ0n) is 22.1. The van der Waals surface area contributed by atoms with Crippen LogP contribution in [-0.2, 0) is 9.59 Å². The minimum absolute atomic E-state index is 0.207. The molecule has 4 rings (SSSR count). The van der Waals surface area contributed by atoms with Gasteiger partial charge in [-0.25, -0.2) is 4.79 Å². The van der Waals surface area contributed by atoms with E-state index in [-0.39, 0.29) is 26.9 Å². The van der Waals surface area contributed by atoms with Crippen LogP contribution >= 0.6 is 58.2 Å². The van der Waals surface area contributed by atoms with Crippen molar-refractivity contribution in [1.82, 2.24) is 0 Å². The predicted octanol–water partition coefficient (Wildman–Crippen LogP) is 8.68. The van der Waals surface area contributed by atoms with Gasteiger partial charge in [0.25, 0.3) is 5.91 Å². The number of amides is 3. The fourth-order valence-electron chi connectivity index (χ4n) is 3.97.